The Hall–Kier alpha value is -3.59. The number of nitrogens with one attached hydrogen (secondary N) is 1. The molecular weight excluding hydrogens is 464 g/mol. The van der Waals surface area contributed by atoms with Gasteiger partial charge in [-0.2, -0.15) is 0 Å². The molecule has 8 nitrogen and oxygen atoms in total. The molecule has 0 bridgehead atoms. The van der Waals surface area contributed by atoms with Crippen LogP contribution in [0.1, 0.15) is 34.0 Å². The molecule has 0 aliphatic carbocycles. The second kappa shape index (κ2) is 9.58. The van der Waals surface area contributed by atoms with Crippen LogP contribution in [-0.4, -0.2) is 50.2 Å². The number of pyridine rings is 1. The first kappa shape index (κ1) is 24.5. The van der Waals surface area contributed by atoms with Gasteiger partial charge in [-0.1, -0.05) is 18.2 Å². The molecule has 1 aliphatic rings. The van der Waals surface area contributed by atoms with Crippen LogP contribution in [0.5, 0.6) is 0 Å². The smallest absolute Gasteiger partial charge is 0.337 e. The molecule has 3 aromatic rings. The highest BCUT2D eigenvalue weighted by atomic mass is 32.2. The summed E-state index contributed by atoms with van der Waals surface area (Å²) in [7, 11) is -3.95. The molecule has 1 aliphatic heterocycles. The first-order valence-electron chi connectivity index (χ1n) is 11.5. The molecular formula is C26H30N4O4S. The lowest BCUT2D eigenvalue weighted by molar-refractivity contribution is 0.0696. The largest absolute Gasteiger partial charge is 0.478 e. The average Bonchev–Trinajstić information content (AvgIpc) is 2.78. The number of carbonyl (C=O) groups is 1. The summed E-state index contributed by atoms with van der Waals surface area (Å²) >= 11 is 0. The van der Waals surface area contributed by atoms with Crippen molar-refractivity contribution in [3.63, 3.8) is 0 Å². The fourth-order valence-electron chi connectivity index (χ4n) is 4.53. The van der Waals surface area contributed by atoms with Gasteiger partial charge in [0.2, 0.25) is 0 Å². The number of carboxylic acids is 1. The van der Waals surface area contributed by atoms with Crippen molar-refractivity contribution in [3.05, 3.63) is 77.0 Å². The Bertz CT molecular complexity index is 1350. The highest BCUT2D eigenvalue weighted by Crippen LogP contribution is 2.31. The number of carboxylic acid groups (broad SMARTS) is 1. The summed E-state index contributed by atoms with van der Waals surface area (Å²) in [6.07, 6.45) is 1.27. The van der Waals surface area contributed by atoms with Gasteiger partial charge in [0, 0.05) is 37.6 Å². The van der Waals surface area contributed by atoms with Gasteiger partial charge in [-0.05, 0) is 74.7 Å². The van der Waals surface area contributed by atoms with Crippen molar-refractivity contribution < 1.29 is 18.3 Å². The topological polar surface area (TPSA) is 103 Å². The molecule has 184 valence electrons. The van der Waals surface area contributed by atoms with Gasteiger partial charge in [0.15, 0.2) is 5.82 Å². The molecule has 9 heteroatoms. The second-order valence-corrected chi connectivity index (χ2v) is 10.8. The number of hydrogen-bond donors (Lipinski definition) is 2. The van der Waals surface area contributed by atoms with Crippen molar-refractivity contribution in [3.8, 4) is 0 Å². The Morgan fingerprint density at radius 2 is 1.74 bits per heavy atom. The predicted molar refractivity (Wildman–Crippen MR) is 138 cm³/mol. The standard InChI is InChI=1S/C26H30N4O4S/c1-17-6-5-7-22(11-17)30-9-8-29(16-20(30)4)25-24(14-21(15-27-25)26(31)32)28-35(33,34)23-12-18(2)10-19(3)13-23/h5-7,10-15,20,28H,8-9,16H2,1-4H3,(H,31,32)/t20-/m1/s1. The highest BCUT2D eigenvalue weighted by Gasteiger charge is 2.28. The summed E-state index contributed by atoms with van der Waals surface area (Å²) in [5.41, 5.74) is 4.04. The van der Waals surface area contributed by atoms with Crippen LogP contribution in [0.25, 0.3) is 0 Å². The molecule has 4 rings (SSSR count). The van der Waals surface area contributed by atoms with E-state index in [4.69, 9.17) is 0 Å². The molecule has 0 radical (unpaired) electrons. The van der Waals surface area contributed by atoms with Crippen LogP contribution in [0.3, 0.4) is 0 Å². The molecule has 2 heterocycles. The van der Waals surface area contributed by atoms with Crippen LogP contribution in [-0.2, 0) is 10.0 Å². The molecule has 2 aromatic carbocycles. The summed E-state index contributed by atoms with van der Waals surface area (Å²) in [6, 6.07) is 14.9. The van der Waals surface area contributed by atoms with Gasteiger partial charge in [-0.3, -0.25) is 4.72 Å². The SMILES string of the molecule is Cc1cccc(N2CCN(c3ncc(C(=O)O)cc3NS(=O)(=O)c3cc(C)cc(C)c3)C[C@H]2C)c1. The first-order chi connectivity index (χ1) is 16.5. The third-order valence-corrected chi connectivity index (χ3v) is 7.47. The van der Waals surface area contributed by atoms with Crippen LogP contribution in [0, 0.1) is 20.8 Å². The zero-order valence-corrected chi connectivity index (χ0v) is 21.1. The third kappa shape index (κ3) is 5.40. The molecule has 1 fully saturated rings. The monoisotopic (exact) mass is 494 g/mol. The van der Waals surface area contributed by atoms with E-state index in [2.05, 4.69) is 46.7 Å². The van der Waals surface area contributed by atoms with E-state index in [1.165, 1.54) is 17.8 Å². The molecule has 1 atom stereocenters. The summed E-state index contributed by atoms with van der Waals surface area (Å²) in [5, 5.41) is 9.49. The number of aryl methyl sites for hydroxylation is 3. The van der Waals surface area contributed by atoms with E-state index in [1.54, 1.807) is 12.1 Å². The second-order valence-electron chi connectivity index (χ2n) is 9.16. The highest BCUT2D eigenvalue weighted by molar-refractivity contribution is 7.92. The Morgan fingerprint density at radius 1 is 1.03 bits per heavy atom. The summed E-state index contributed by atoms with van der Waals surface area (Å²) < 4.78 is 29.1. The number of nitrogens with zero attached hydrogens (tertiary/aromatic N) is 3. The maximum absolute atomic E-state index is 13.2. The predicted octanol–water partition coefficient (Wildman–Crippen LogP) is 4.22. The minimum Gasteiger partial charge on any atom is -0.478 e. The van der Waals surface area contributed by atoms with Gasteiger partial charge in [-0.25, -0.2) is 18.2 Å². The Labute approximate surface area is 206 Å². The minimum atomic E-state index is -3.95. The number of piperazine rings is 1. The Kier molecular flexibility index (Phi) is 6.71. The number of aromatic nitrogens is 1. The van der Waals surface area contributed by atoms with Crippen LogP contribution >= 0.6 is 0 Å². The van der Waals surface area contributed by atoms with Crippen molar-refractivity contribution >= 4 is 33.2 Å². The van der Waals surface area contributed by atoms with E-state index in [-0.39, 0.29) is 22.2 Å². The molecule has 1 aromatic heterocycles. The van der Waals surface area contributed by atoms with Crippen molar-refractivity contribution in [1.29, 1.82) is 0 Å². The zero-order chi connectivity index (χ0) is 25.3. The van der Waals surface area contributed by atoms with Crippen molar-refractivity contribution in [2.75, 3.05) is 34.2 Å². The number of hydrogen-bond acceptors (Lipinski definition) is 6. The van der Waals surface area contributed by atoms with E-state index in [1.807, 2.05) is 30.9 Å². The van der Waals surface area contributed by atoms with Gasteiger partial charge in [0.25, 0.3) is 10.0 Å². The first-order valence-corrected chi connectivity index (χ1v) is 12.9. The van der Waals surface area contributed by atoms with E-state index >= 15 is 0 Å². The molecule has 35 heavy (non-hydrogen) atoms. The van der Waals surface area contributed by atoms with E-state index in [0.717, 1.165) is 23.4 Å². The number of rotatable bonds is 6. The van der Waals surface area contributed by atoms with Gasteiger partial charge >= 0.3 is 5.97 Å². The van der Waals surface area contributed by atoms with Crippen LogP contribution in [0.2, 0.25) is 0 Å². The van der Waals surface area contributed by atoms with Gasteiger partial charge in [-0.15, -0.1) is 0 Å². The van der Waals surface area contributed by atoms with Crippen molar-refractivity contribution in [2.24, 2.45) is 0 Å². The lowest BCUT2D eigenvalue weighted by Crippen LogP contribution is -2.52. The Morgan fingerprint density at radius 3 is 2.37 bits per heavy atom. The summed E-state index contributed by atoms with van der Waals surface area (Å²) in [5.74, 6) is -0.757. The van der Waals surface area contributed by atoms with E-state index in [0.29, 0.717) is 18.9 Å². The lowest BCUT2D eigenvalue weighted by Gasteiger charge is -2.42. The molecule has 1 saturated heterocycles. The van der Waals surface area contributed by atoms with Gasteiger partial charge in [0.05, 0.1) is 16.1 Å². The number of sulfonamides is 1. The minimum absolute atomic E-state index is 0.0849. The van der Waals surface area contributed by atoms with Crippen LogP contribution in [0.15, 0.2) is 59.6 Å². The fourth-order valence-corrected chi connectivity index (χ4v) is 5.77. The maximum atomic E-state index is 13.2. The number of aromatic carboxylic acids is 1. The fraction of sp³-hybridized carbons (Fsp3) is 0.308. The molecule has 0 unspecified atom stereocenters. The molecule has 0 spiro atoms. The van der Waals surface area contributed by atoms with E-state index < -0.39 is 16.0 Å². The summed E-state index contributed by atoms with van der Waals surface area (Å²) in [6.45, 7) is 9.77. The quantitative estimate of drug-likeness (QED) is 0.529. The normalized spacial score (nSPS) is 16.3. The van der Waals surface area contributed by atoms with E-state index in [9.17, 15) is 18.3 Å². The van der Waals surface area contributed by atoms with Crippen molar-refractivity contribution in [2.45, 2.75) is 38.6 Å². The third-order valence-electron chi connectivity index (χ3n) is 6.12. The summed E-state index contributed by atoms with van der Waals surface area (Å²) in [4.78, 5) is 20.4. The molecule has 0 amide bonds. The van der Waals surface area contributed by atoms with Crippen LogP contribution in [0.4, 0.5) is 17.2 Å². The van der Waals surface area contributed by atoms with Gasteiger partial charge in [0.1, 0.15) is 0 Å². The van der Waals surface area contributed by atoms with Crippen molar-refractivity contribution in [1.82, 2.24) is 4.98 Å². The van der Waals surface area contributed by atoms with Crippen LogP contribution < -0.4 is 14.5 Å². The zero-order valence-electron chi connectivity index (χ0n) is 20.3. The average molecular weight is 495 g/mol. The Balaban J connectivity index is 1.65. The molecule has 2 N–H and O–H groups in total. The lowest BCUT2D eigenvalue weighted by atomic mass is 10.1. The molecule has 0 saturated carbocycles. The van der Waals surface area contributed by atoms with Gasteiger partial charge < -0.3 is 14.9 Å². The number of anilines is 3. The maximum Gasteiger partial charge on any atom is 0.337 e. The number of benzene rings is 2.